The van der Waals surface area contributed by atoms with Crippen LogP contribution in [-0.4, -0.2) is 25.2 Å². The summed E-state index contributed by atoms with van der Waals surface area (Å²) >= 11 is 0. The fraction of sp³-hybridized carbons (Fsp3) is 0.400. The van der Waals surface area contributed by atoms with Crippen LogP contribution >= 0.6 is 0 Å². The van der Waals surface area contributed by atoms with E-state index in [2.05, 4.69) is 9.72 Å². The summed E-state index contributed by atoms with van der Waals surface area (Å²) in [4.78, 5) is 15.4. The number of rotatable bonds is 3. The maximum atomic E-state index is 11.2. The molecule has 0 fully saturated rings. The minimum absolute atomic E-state index is 0.354. The molecule has 0 amide bonds. The normalized spacial score (nSPS) is 9.93. The number of esters is 1. The zero-order valence-electron chi connectivity index (χ0n) is 8.53. The minimum atomic E-state index is -0.354. The monoisotopic (exact) mass is 195 g/mol. The Labute approximate surface area is 82.9 Å². The molecule has 76 valence electrons. The number of aryl methyl sites for hydroxylation is 1. The van der Waals surface area contributed by atoms with E-state index >= 15 is 0 Å². The number of pyridine rings is 1. The smallest absolute Gasteiger partial charge is 0.337 e. The third-order valence-corrected chi connectivity index (χ3v) is 1.72. The lowest BCUT2D eigenvalue weighted by atomic mass is 10.2. The Bertz CT molecular complexity index is 336. The van der Waals surface area contributed by atoms with E-state index in [0.29, 0.717) is 12.2 Å². The predicted octanol–water partition coefficient (Wildman–Crippen LogP) is 1.32. The molecule has 0 unspecified atom stereocenters. The molecule has 4 heteroatoms. The van der Waals surface area contributed by atoms with Crippen LogP contribution in [0.4, 0.5) is 0 Å². The van der Waals surface area contributed by atoms with Gasteiger partial charge in [0, 0.05) is 12.8 Å². The number of carbonyl (C=O) groups excluding carboxylic acids is 1. The highest BCUT2D eigenvalue weighted by molar-refractivity contribution is 5.89. The predicted molar refractivity (Wildman–Crippen MR) is 51.0 cm³/mol. The van der Waals surface area contributed by atoms with Gasteiger partial charge in [-0.15, -0.1) is 0 Å². The summed E-state index contributed by atoms with van der Waals surface area (Å²) in [6, 6.07) is 3.35. The van der Waals surface area contributed by atoms with E-state index in [1.165, 1.54) is 7.11 Å². The molecule has 0 atom stereocenters. The van der Waals surface area contributed by atoms with Crippen molar-refractivity contribution in [1.29, 1.82) is 0 Å². The third-order valence-electron chi connectivity index (χ3n) is 1.72. The van der Waals surface area contributed by atoms with Crippen molar-refractivity contribution in [2.24, 2.45) is 0 Å². The van der Waals surface area contributed by atoms with Crippen molar-refractivity contribution >= 4 is 5.97 Å². The van der Waals surface area contributed by atoms with Crippen LogP contribution in [0.1, 0.15) is 21.7 Å². The average Bonchev–Trinajstić information content (AvgIpc) is 2.16. The molecule has 0 aromatic carbocycles. The number of hydrogen-bond acceptors (Lipinski definition) is 4. The van der Waals surface area contributed by atoms with Gasteiger partial charge in [-0.1, -0.05) is 0 Å². The highest BCUT2D eigenvalue weighted by Gasteiger charge is 2.07. The summed E-state index contributed by atoms with van der Waals surface area (Å²) in [5, 5.41) is 0. The van der Waals surface area contributed by atoms with Gasteiger partial charge in [-0.3, -0.25) is 4.98 Å². The van der Waals surface area contributed by atoms with Crippen molar-refractivity contribution < 1.29 is 14.3 Å². The summed E-state index contributed by atoms with van der Waals surface area (Å²) in [7, 11) is 2.94. The lowest BCUT2D eigenvalue weighted by Crippen LogP contribution is -2.05. The Morgan fingerprint density at radius 3 is 2.71 bits per heavy atom. The van der Waals surface area contributed by atoms with Crippen LogP contribution in [0.3, 0.4) is 0 Å². The van der Waals surface area contributed by atoms with Gasteiger partial charge in [-0.25, -0.2) is 4.79 Å². The Kier molecular flexibility index (Phi) is 3.59. The molecule has 0 N–H and O–H groups in total. The van der Waals surface area contributed by atoms with E-state index in [0.717, 1.165) is 11.4 Å². The number of aromatic nitrogens is 1. The largest absolute Gasteiger partial charge is 0.465 e. The molecule has 1 aromatic rings. The summed E-state index contributed by atoms with van der Waals surface area (Å²) in [5.41, 5.74) is 2.01. The second kappa shape index (κ2) is 4.72. The maximum absolute atomic E-state index is 11.2. The molecule has 0 aliphatic carbocycles. The van der Waals surface area contributed by atoms with Gasteiger partial charge in [0.25, 0.3) is 0 Å². The van der Waals surface area contributed by atoms with Crippen LogP contribution in [-0.2, 0) is 16.1 Å². The average molecular weight is 195 g/mol. The van der Waals surface area contributed by atoms with E-state index in [4.69, 9.17) is 4.74 Å². The minimum Gasteiger partial charge on any atom is -0.465 e. The molecule has 1 aromatic heterocycles. The highest BCUT2D eigenvalue weighted by Crippen LogP contribution is 2.07. The van der Waals surface area contributed by atoms with Crippen molar-refractivity contribution in [3.63, 3.8) is 0 Å². The zero-order chi connectivity index (χ0) is 10.6. The van der Waals surface area contributed by atoms with Gasteiger partial charge in [0.05, 0.1) is 25.0 Å². The van der Waals surface area contributed by atoms with Crippen molar-refractivity contribution in [1.82, 2.24) is 4.98 Å². The van der Waals surface area contributed by atoms with Crippen LogP contribution in [0.25, 0.3) is 0 Å². The molecule has 0 saturated carbocycles. The zero-order valence-corrected chi connectivity index (χ0v) is 8.53. The maximum Gasteiger partial charge on any atom is 0.337 e. The van der Waals surface area contributed by atoms with Gasteiger partial charge in [0.15, 0.2) is 0 Å². The topological polar surface area (TPSA) is 48.4 Å². The van der Waals surface area contributed by atoms with E-state index in [1.54, 1.807) is 19.2 Å². The SMILES string of the molecule is COCc1cc(C(=O)OC)cc(C)n1. The molecular formula is C10H13NO3. The van der Waals surface area contributed by atoms with Crippen molar-refractivity contribution in [2.45, 2.75) is 13.5 Å². The number of ether oxygens (including phenoxy) is 2. The van der Waals surface area contributed by atoms with Gasteiger partial charge in [-0.2, -0.15) is 0 Å². The molecule has 1 rings (SSSR count). The van der Waals surface area contributed by atoms with Crippen LogP contribution in [0.15, 0.2) is 12.1 Å². The Morgan fingerprint density at radius 1 is 1.43 bits per heavy atom. The molecule has 0 aliphatic rings. The van der Waals surface area contributed by atoms with Gasteiger partial charge in [0.2, 0.25) is 0 Å². The van der Waals surface area contributed by atoms with Gasteiger partial charge < -0.3 is 9.47 Å². The first kappa shape index (κ1) is 10.7. The molecule has 1 heterocycles. The number of carbonyl (C=O) groups is 1. The first-order valence-corrected chi connectivity index (χ1v) is 4.22. The lowest BCUT2D eigenvalue weighted by molar-refractivity contribution is 0.0600. The van der Waals surface area contributed by atoms with Crippen LogP contribution in [0.2, 0.25) is 0 Å². The molecular weight excluding hydrogens is 182 g/mol. The first-order valence-electron chi connectivity index (χ1n) is 4.22. The molecule has 0 bridgehead atoms. The Morgan fingerprint density at radius 2 is 2.14 bits per heavy atom. The molecule has 0 radical (unpaired) electrons. The van der Waals surface area contributed by atoms with E-state index in [-0.39, 0.29) is 5.97 Å². The second-order valence-corrected chi connectivity index (χ2v) is 2.91. The van der Waals surface area contributed by atoms with Crippen molar-refractivity contribution in [3.8, 4) is 0 Å². The fourth-order valence-corrected chi connectivity index (χ4v) is 1.19. The fourth-order valence-electron chi connectivity index (χ4n) is 1.19. The van der Waals surface area contributed by atoms with Crippen molar-refractivity contribution in [3.05, 3.63) is 29.1 Å². The first-order chi connectivity index (χ1) is 6.67. The number of hydrogen-bond donors (Lipinski definition) is 0. The Balaban J connectivity index is 3.00. The molecule has 0 aliphatic heterocycles. The van der Waals surface area contributed by atoms with Gasteiger partial charge >= 0.3 is 5.97 Å². The quantitative estimate of drug-likeness (QED) is 0.682. The summed E-state index contributed by atoms with van der Waals surface area (Å²) in [6.07, 6.45) is 0. The van der Waals surface area contributed by atoms with Gasteiger partial charge in [0.1, 0.15) is 0 Å². The summed E-state index contributed by atoms with van der Waals surface area (Å²) in [5.74, 6) is -0.354. The number of nitrogens with zero attached hydrogens (tertiary/aromatic N) is 1. The summed E-state index contributed by atoms with van der Waals surface area (Å²) < 4.78 is 9.55. The van der Waals surface area contributed by atoms with E-state index in [1.807, 2.05) is 6.92 Å². The number of methoxy groups -OCH3 is 2. The van der Waals surface area contributed by atoms with E-state index < -0.39 is 0 Å². The molecule has 4 nitrogen and oxygen atoms in total. The molecule has 14 heavy (non-hydrogen) atoms. The Hall–Kier alpha value is -1.42. The standard InChI is InChI=1S/C10H13NO3/c1-7-4-8(10(12)14-3)5-9(11-7)6-13-2/h4-5H,6H2,1-3H3. The summed E-state index contributed by atoms with van der Waals surface area (Å²) in [6.45, 7) is 2.22. The van der Waals surface area contributed by atoms with E-state index in [9.17, 15) is 4.79 Å². The lowest BCUT2D eigenvalue weighted by Gasteiger charge is -2.04. The van der Waals surface area contributed by atoms with Gasteiger partial charge in [-0.05, 0) is 19.1 Å². The van der Waals surface area contributed by atoms with Crippen molar-refractivity contribution in [2.75, 3.05) is 14.2 Å². The third kappa shape index (κ3) is 2.53. The highest BCUT2D eigenvalue weighted by atomic mass is 16.5. The van der Waals surface area contributed by atoms with Crippen LogP contribution in [0, 0.1) is 6.92 Å². The van der Waals surface area contributed by atoms with Crippen LogP contribution in [0.5, 0.6) is 0 Å². The molecule has 0 saturated heterocycles. The van der Waals surface area contributed by atoms with Crippen LogP contribution < -0.4 is 0 Å². The second-order valence-electron chi connectivity index (χ2n) is 2.91. The molecule has 0 spiro atoms.